The summed E-state index contributed by atoms with van der Waals surface area (Å²) in [6, 6.07) is 4.14. The minimum atomic E-state index is -0.596. The maximum atomic E-state index is 13.1. The summed E-state index contributed by atoms with van der Waals surface area (Å²) in [6.45, 7) is 1.03. The molecule has 0 radical (unpaired) electrons. The van der Waals surface area contributed by atoms with Crippen molar-refractivity contribution in [2.45, 2.75) is 6.42 Å². The van der Waals surface area contributed by atoms with Crippen LogP contribution in [0.3, 0.4) is 0 Å². The highest BCUT2D eigenvalue weighted by atomic mass is 35.5. The second kappa shape index (κ2) is 4.16. The van der Waals surface area contributed by atoms with Crippen molar-refractivity contribution in [3.8, 4) is 0 Å². The van der Waals surface area contributed by atoms with Gasteiger partial charge in [0.15, 0.2) is 0 Å². The topological polar surface area (TPSA) is 29.5 Å². The molecule has 1 aliphatic heterocycles. The monoisotopic (exact) mass is 229 g/mol. The molecule has 1 heterocycles. The van der Waals surface area contributed by atoms with E-state index in [4.69, 9.17) is 16.4 Å². The van der Waals surface area contributed by atoms with Gasteiger partial charge in [-0.15, -0.1) is 0 Å². The normalized spacial score (nSPS) is 15.7. The molecule has 0 aromatic heterocycles. The van der Waals surface area contributed by atoms with Crippen molar-refractivity contribution < 1.29 is 14.0 Å². The largest absolute Gasteiger partial charge is 0.279 e. The van der Waals surface area contributed by atoms with Crippen molar-refractivity contribution in [1.82, 2.24) is 5.06 Å². The number of hydroxylamine groups is 2. The van der Waals surface area contributed by atoms with E-state index in [0.29, 0.717) is 13.2 Å². The summed E-state index contributed by atoms with van der Waals surface area (Å²) in [5.41, 5.74) is 0.138. The smallest absolute Gasteiger partial charge is 0.271 e. The Labute approximate surface area is 91.3 Å². The molecule has 0 unspecified atom stereocenters. The fourth-order valence-corrected chi connectivity index (χ4v) is 1.62. The van der Waals surface area contributed by atoms with Gasteiger partial charge in [0.2, 0.25) is 0 Å². The van der Waals surface area contributed by atoms with Crippen LogP contribution in [0.5, 0.6) is 0 Å². The fourth-order valence-electron chi connectivity index (χ4n) is 1.41. The molecule has 3 nitrogen and oxygen atoms in total. The first-order chi connectivity index (χ1) is 7.20. The lowest BCUT2D eigenvalue weighted by atomic mass is 10.2. The minimum Gasteiger partial charge on any atom is -0.271 e. The molecule has 1 saturated heterocycles. The van der Waals surface area contributed by atoms with E-state index >= 15 is 0 Å². The summed E-state index contributed by atoms with van der Waals surface area (Å²) in [7, 11) is 0. The van der Waals surface area contributed by atoms with Gasteiger partial charge in [-0.2, -0.15) is 0 Å². The Balaban J connectivity index is 2.28. The van der Waals surface area contributed by atoms with Crippen molar-refractivity contribution in [3.63, 3.8) is 0 Å². The Morgan fingerprint density at radius 3 is 3.00 bits per heavy atom. The molecule has 0 aliphatic carbocycles. The summed E-state index contributed by atoms with van der Waals surface area (Å²) in [5.74, 6) is -0.987. The molecule has 5 heteroatoms. The van der Waals surface area contributed by atoms with E-state index in [9.17, 15) is 9.18 Å². The van der Waals surface area contributed by atoms with Gasteiger partial charge in [0.25, 0.3) is 5.91 Å². The zero-order chi connectivity index (χ0) is 10.8. The van der Waals surface area contributed by atoms with Crippen LogP contribution in [-0.2, 0) is 4.84 Å². The number of carbonyl (C=O) groups is 1. The molecule has 0 spiro atoms. The highest BCUT2D eigenvalue weighted by Crippen LogP contribution is 2.22. The van der Waals surface area contributed by atoms with Crippen molar-refractivity contribution in [2.24, 2.45) is 0 Å². The Bertz CT molecular complexity index is 391. The molecule has 15 heavy (non-hydrogen) atoms. The maximum Gasteiger partial charge on any atom is 0.279 e. The SMILES string of the molecule is O=C(c1cccc(F)c1Cl)N1CCCO1. The standard InChI is InChI=1S/C10H9ClFNO2/c11-9-7(3-1-4-8(9)12)10(14)13-5-2-6-15-13/h1,3-4H,2,5-6H2. The summed E-state index contributed by atoms with van der Waals surface area (Å²) >= 11 is 5.69. The number of hydrogen-bond acceptors (Lipinski definition) is 2. The fraction of sp³-hybridized carbons (Fsp3) is 0.300. The molecule has 1 amide bonds. The van der Waals surface area contributed by atoms with Crippen LogP contribution in [0.15, 0.2) is 18.2 Å². The Morgan fingerprint density at radius 2 is 2.33 bits per heavy atom. The van der Waals surface area contributed by atoms with Gasteiger partial charge < -0.3 is 0 Å². The van der Waals surface area contributed by atoms with Gasteiger partial charge in [0.05, 0.1) is 23.7 Å². The number of hydrogen-bond donors (Lipinski definition) is 0. The van der Waals surface area contributed by atoms with E-state index in [-0.39, 0.29) is 10.6 Å². The Morgan fingerprint density at radius 1 is 1.53 bits per heavy atom. The lowest BCUT2D eigenvalue weighted by Crippen LogP contribution is -2.26. The van der Waals surface area contributed by atoms with E-state index in [2.05, 4.69) is 0 Å². The van der Waals surface area contributed by atoms with Gasteiger partial charge >= 0.3 is 0 Å². The van der Waals surface area contributed by atoms with Crippen molar-refractivity contribution in [3.05, 3.63) is 34.6 Å². The summed E-state index contributed by atoms with van der Waals surface area (Å²) in [5, 5.41) is 1.05. The van der Waals surface area contributed by atoms with E-state index < -0.39 is 11.7 Å². The van der Waals surface area contributed by atoms with E-state index in [1.165, 1.54) is 23.3 Å². The molecular formula is C10H9ClFNO2. The van der Waals surface area contributed by atoms with E-state index in [1.54, 1.807) is 0 Å². The number of amides is 1. The molecule has 1 aliphatic rings. The van der Waals surface area contributed by atoms with Crippen LogP contribution in [0, 0.1) is 5.82 Å². The molecule has 0 N–H and O–H groups in total. The van der Waals surface area contributed by atoms with Crippen LogP contribution in [0.2, 0.25) is 5.02 Å². The lowest BCUT2D eigenvalue weighted by Gasteiger charge is -2.14. The average Bonchev–Trinajstić information content (AvgIpc) is 2.74. The zero-order valence-corrected chi connectivity index (χ0v) is 8.63. The van der Waals surface area contributed by atoms with Crippen molar-refractivity contribution in [2.75, 3.05) is 13.2 Å². The molecule has 80 valence electrons. The first kappa shape index (κ1) is 10.4. The van der Waals surface area contributed by atoms with Crippen LogP contribution < -0.4 is 0 Å². The second-order valence-electron chi connectivity index (χ2n) is 3.20. The predicted octanol–water partition coefficient (Wildman–Crippen LogP) is 2.26. The molecule has 0 bridgehead atoms. The first-order valence-electron chi connectivity index (χ1n) is 4.59. The number of nitrogens with zero attached hydrogens (tertiary/aromatic N) is 1. The minimum absolute atomic E-state index is 0.138. The summed E-state index contributed by atoms with van der Waals surface area (Å²) < 4.78 is 13.1. The molecular weight excluding hydrogens is 221 g/mol. The molecule has 2 rings (SSSR count). The quantitative estimate of drug-likeness (QED) is 0.739. The second-order valence-corrected chi connectivity index (χ2v) is 3.57. The summed E-state index contributed by atoms with van der Waals surface area (Å²) in [4.78, 5) is 16.8. The van der Waals surface area contributed by atoms with Crippen molar-refractivity contribution >= 4 is 17.5 Å². The molecule has 1 aromatic rings. The summed E-state index contributed by atoms with van der Waals surface area (Å²) in [6.07, 6.45) is 0.790. The highest BCUT2D eigenvalue weighted by molar-refractivity contribution is 6.33. The van der Waals surface area contributed by atoms with E-state index in [0.717, 1.165) is 6.42 Å². The van der Waals surface area contributed by atoms with Crippen LogP contribution >= 0.6 is 11.6 Å². The van der Waals surface area contributed by atoms with Gasteiger partial charge in [-0.25, -0.2) is 9.45 Å². The first-order valence-corrected chi connectivity index (χ1v) is 4.97. The highest BCUT2D eigenvalue weighted by Gasteiger charge is 2.23. The number of carbonyl (C=O) groups excluding carboxylic acids is 1. The molecule has 1 fully saturated rings. The predicted molar refractivity (Wildman–Crippen MR) is 53.0 cm³/mol. The van der Waals surface area contributed by atoms with Gasteiger partial charge in [-0.3, -0.25) is 9.63 Å². The van der Waals surface area contributed by atoms with E-state index in [1.807, 2.05) is 0 Å². The third-order valence-corrected chi connectivity index (χ3v) is 2.55. The third kappa shape index (κ3) is 1.96. The molecule has 1 aromatic carbocycles. The van der Waals surface area contributed by atoms with Gasteiger partial charge in [0.1, 0.15) is 5.82 Å². The lowest BCUT2D eigenvalue weighted by molar-refractivity contribution is -0.0768. The van der Waals surface area contributed by atoms with Crippen LogP contribution in [0.1, 0.15) is 16.8 Å². The zero-order valence-electron chi connectivity index (χ0n) is 7.87. The Kier molecular flexibility index (Phi) is 2.88. The Hall–Kier alpha value is -1.13. The van der Waals surface area contributed by atoms with Gasteiger partial charge in [-0.1, -0.05) is 17.7 Å². The maximum absolute atomic E-state index is 13.1. The third-order valence-electron chi connectivity index (χ3n) is 2.16. The average molecular weight is 230 g/mol. The molecule has 0 atom stereocenters. The van der Waals surface area contributed by atoms with Crippen LogP contribution in [0.25, 0.3) is 0 Å². The van der Waals surface area contributed by atoms with Crippen molar-refractivity contribution in [1.29, 1.82) is 0 Å². The number of halogens is 2. The molecule has 0 saturated carbocycles. The number of benzene rings is 1. The number of rotatable bonds is 1. The van der Waals surface area contributed by atoms with Crippen LogP contribution in [-0.4, -0.2) is 24.1 Å². The van der Waals surface area contributed by atoms with Crippen LogP contribution in [0.4, 0.5) is 4.39 Å². The van der Waals surface area contributed by atoms with Gasteiger partial charge in [-0.05, 0) is 18.6 Å². The van der Waals surface area contributed by atoms with Gasteiger partial charge in [0, 0.05) is 0 Å².